The third-order valence-electron chi connectivity index (χ3n) is 13.3. The zero-order valence-electron chi connectivity index (χ0n) is 33.0. The van der Waals surface area contributed by atoms with Crippen molar-refractivity contribution < 1.29 is 19.5 Å². The number of carboxylic acid groups (broad SMARTS) is 1. The summed E-state index contributed by atoms with van der Waals surface area (Å²) in [6.45, 7) is 7.07. The number of halogens is 1. The summed E-state index contributed by atoms with van der Waals surface area (Å²) in [4.78, 5) is 53.9. The molecule has 0 bridgehead atoms. The second-order valence-corrected chi connectivity index (χ2v) is 17.0. The molecule has 56 heavy (non-hydrogen) atoms. The number of fused-ring (bicyclic) bond motifs is 2. The van der Waals surface area contributed by atoms with Crippen LogP contribution in [0.15, 0.2) is 36.4 Å². The Balaban J connectivity index is 0.952. The van der Waals surface area contributed by atoms with E-state index in [1.807, 2.05) is 67.4 Å². The van der Waals surface area contributed by atoms with E-state index in [9.17, 15) is 19.5 Å². The van der Waals surface area contributed by atoms with Crippen LogP contribution in [0, 0.1) is 12.3 Å². The van der Waals surface area contributed by atoms with Crippen LogP contribution in [-0.4, -0.2) is 77.0 Å². The molecule has 2 aliphatic carbocycles. The van der Waals surface area contributed by atoms with Crippen molar-refractivity contribution in [2.24, 2.45) is 19.5 Å². The van der Waals surface area contributed by atoms with Gasteiger partial charge in [-0.2, -0.15) is 0 Å². The molecule has 2 aliphatic heterocycles. The zero-order chi connectivity index (χ0) is 39.3. The van der Waals surface area contributed by atoms with E-state index in [0.717, 1.165) is 84.8 Å². The number of benzene rings is 2. The van der Waals surface area contributed by atoms with Crippen molar-refractivity contribution in [2.45, 2.75) is 110 Å². The van der Waals surface area contributed by atoms with Crippen molar-refractivity contribution in [3.63, 3.8) is 0 Å². The highest BCUT2D eigenvalue weighted by Gasteiger charge is 2.40. The van der Waals surface area contributed by atoms with Gasteiger partial charge < -0.3 is 24.9 Å². The van der Waals surface area contributed by atoms with Gasteiger partial charge in [0.05, 0.1) is 27.5 Å². The number of anilines is 2. The van der Waals surface area contributed by atoms with Gasteiger partial charge in [0.2, 0.25) is 0 Å². The van der Waals surface area contributed by atoms with Crippen molar-refractivity contribution in [1.82, 2.24) is 28.9 Å². The first-order valence-electron chi connectivity index (χ1n) is 20.2. The molecule has 0 unspecified atom stereocenters. The van der Waals surface area contributed by atoms with E-state index in [0.29, 0.717) is 59.5 Å². The van der Waals surface area contributed by atoms with E-state index in [-0.39, 0.29) is 11.8 Å². The smallest absolute Gasteiger partial charge is 0.309 e. The Kier molecular flexibility index (Phi) is 10.6. The van der Waals surface area contributed by atoms with Crippen LogP contribution in [-0.2, 0) is 44.8 Å². The Morgan fingerprint density at radius 1 is 0.750 bits per heavy atom. The number of carbonyl (C=O) groups excluding carboxylic acids is 2. The molecule has 2 aromatic carbocycles. The van der Waals surface area contributed by atoms with E-state index in [4.69, 9.17) is 21.6 Å². The van der Waals surface area contributed by atoms with E-state index < -0.39 is 11.4 Å². The molecular formula is C43H53ClN8O4. The van der Waals surface area contributed by atoms with Gasteiger partial charge in [0.25, 0.3) is 11.8 Å². The van der Waals surface area contributed by atoms with Crippen molar-refractivity contribution in [1.29, 1.82) is 0 Å². The molecule has 2 aromatic heterocycles. The summed E-state index contributed by atoms with van der Waals surface area (Å²) in [5.74, 6) is -0.579. The zero-order valence-corrected chi connectivity index (χ0v) is 33.7. The fourth-order valence-corrected chi connectivity index (χ4v) is 9.92. The van der Waals surface area contributed by atoms with Crippen molar-refractivity contribution in [2.75, 3.05) is 23.7 Å². The van der Waals surface area contributed by atoms with E-state index >= 15 is 0 Å². The molecule has 0 spiro atoms. The molecule has 8 rings (SSSR count). The lowest BCUT2D eigenvalue weighted by Gasteiger charge is -2.41. The maximum absolute atomic E-state index is 13.8. The number of amides is 2. The highest BCUT2D eigenvalue weighted by Crippen LogP contribution is 2.40. The number of hydrogen-bond acceptors (Lipinski definition) is 7. The number of nitrogens with zero attached hydrogens (tertiary/aromatic N) is 6. The van der Waals surface area contributed by atoms with Crippen molar-refractivity contribution in [3.8, 4) is 11.1 Å². The highest BCUT2D eigenvalue weighted by atomic mass is 35.5. The Bertz CT molecular complexity index is 2180. The fraction of sp³-hybridized carbons (Fsp3) is 0.512. The van der Waals surface area contributed by atoms with Crippen LogP contribution in [0.4, 0.5) is 11.4 Å². The minimum absolute atomic E-state index is 0.296. The van der Waals surface area contributed by atoms with E-state index in [2.05, 4.69) is 20.4 Å². The SMILES string of the molecule is Cc1c(NC(=O)c2nc3c(n2C)CCN(C2CCC(C)(C(=O)O)CC2)C3)cccc1-c1cccc(NC(=O)c2nc3c(n2C)CCN(C2CCCCC2)C3)c1Cl. The van der Waals surface area contributed by atoms with Gasteiger partial charge in [-0.3, -0.25) is 24.2 Å². The first-order valence-corrected chi connectivity index (χ1v) is 20.6. The summed E-state index contributed by atoms with van der Waals surface area (Å²) in [6, 6.07) is 12.2. The molecule has 0 saturated heterocycles. The molecule has 2 fully saturated rings. The van der Waals surface area contributed by atoms with Gasteiger partial charge in [-0.1, -0.05) is 55.1 Å². The molecule has 296 valence electrons. The van der Waals surface area contributed by atoms with E-state index in [1.165, 1.54) is 32.1 Å². The molecule has 2 amide bonds. The molecule has 0 atom stereocenters. The third-order valence-corrected chi connectivity index (χ3v) is 13.7. The van der Waals surface area contributed by atoms with Crippen LogP contribution >= 0.6 is 11.6 Å². The van der Waals surface area contributed by atoms with E-state index in [1.54, 1.807) is 6.07 Å². The Morgan fingerprint density at radius 3 is 1.80 bits per heavy atom. The number of imidazole rings is 2. The van der Waals surface area contributed by atoms with Gasteiger partial charge in [0.1, 0.15) is 0 Å². The normalized spacial score (nSPS) is 22.0. The topological polar surface area (TPSA) is 138 Å². The number of nitrogens with one attached hydrogen (secondary N) is 2. The van der Waals surface area contributed by atoms with Gasteiger partial charge in [0.15, 0.2) is 11.6 Å². The molecule has 3 N–H and O–H groups in total. The number of rotatable bonds is 8. The van der Waals surface area contributed by atoms with Crippen LogP contribution in [0.2, 0.25) is 5.02 Å². The largest absolute Gasteiger partial charge is 0.481 e. The van der Waals surface area contributed by atoms with Gasteiger partial charge >= 0.3 is 5.97 Å². The standard InChI is InChI=1S/C43H53ClN8O4/c1-26-29(30-13-9-15-32(37(30)44)48-41(54)39-46-33-24-51(22-18-35(33)50(39)4)27-10-6-5-7-11-27)12-8-14-31(26)47-40(53)38-45-34-25-52(23-19-36(34)49(38)3)28-16-20-43(2,21-17-28)42(55)56/h8-9,12-15,27-28H,5-7,10-11,16-25H2,1-4H3,(H,47,53)(H,48,54)(H,55,56). The third kappa shape index (κ3) is 7.16. The molecule has 12 nitrogen and oxygen atoms in total. The predicted octanol–water partition coefficient (Wildman–Crippen LogP) is 7.37. The first-order chi connectivity index (χ1) is 26.9. The summed E-state index contributed by atoms with van der Waals surface area (Å²) in [5, 5.41) is 16.2. The molecular weight excluding hydrogens is 728 g/mol. The van der Waals surface area contributed by atoms with Gasteiger partial charge in [0, 0.05) is 87.8 Å². The quantitative estimate of drug-likeness (QED) is 0.169. The van der Waals surface area contributed by atoms with Crippen molar-refractivity contribution in [3.05, 3.63) is 81.4 Å². The summed E-state index contributed by atoms with van der Waals surface area (Å²) in [7, 11) is 3.81. The van der Waals surface area contributed by atoms with Crippen molar-refractivity contribution >= 4 is 40.8 Å². The summed E-state index contributed by atoms with van der Waals surface area (Å²) < 4.78 is 3.83. The van der Waals surface area contributed by atoms with Crippen LogP contribution in [0.3, 0.4) is 0 Å². The Morgan fingerprint density at radius 2 is 1.25 bits per heavy atom. The molecule has 4 heterocycles. The second-order valence-electron chi connectivity index (χ2n) is 16.7. The monoisotopic (exact) mass is 780 g/mol. The first kappa shape index (κ1) is 38.4. The summed E-state index contributed by atoms with van der Waals surface area (Å²) >= 11 is 7.04. The summed E-state index contributed by atoms with van der Waals surface area (Å²) in [5.41, 5.74) is 6.96. The fourth-order valence-electron chi connectivity index (χ4n) is 9.65. The molecule has 4 aliphatic rings. The Hall–Kier alpha value is -4.52. The summed E-state index contributed by atoms with van der Waals surface area (Å²) in [6.07, 6.45) is 11.1. The second kappa shape index (κ2) is 15.4. The molecule has 4 aromatic rings. The van der Waals surface area contributed by atoms with Crippen LogP contribution in [0.25, 0.3) is 11.1 Å². The Labute approximate surface area is 333 Å². The minimum Gasteiger partial charge on any atom is -0.481 e. The number of carbonyl (C=O) groups is 3. The molecule has 13 heteroatoms. The maximum Gasteiger partial charge on any atom is 0.309 e. The van der Waals surface area contributed by atoms with Crippen LogP contribution < -0.4 is 10.6 Å². The predicted molar refractivity (Wildman–Crippen MR) is 217 cm³/mol. The lowest BCUT2D eigenvalue weighted by Crippen LogP contribution is -2.44. The number of hydrogen-bond donors (Lipinski definition) is 3. The minimum atomic E-state index is -0.710. The lowest BCUT2D eigenvalue weighted by atomic mass is 9.73. The number of aliphatic carboxylic acids is 1. The number of aromatic nitrogens is 4. The average Bonchev–Trinajstić information content (AvgIpc) is 3.72. The highest BCUT2D eigenvalue weighted by molar-refractivity contribution is 6.36. The van der Waals surface area contributed by atoms with Crippen LogP contribution in [0.1, 0.15) is 114 Å². The number of carboxylic acids is 1. The maximum atomic E-state index is 13.8. The van der Waals surface area contributed by atoms with Gasteiger partial charge in [-0.25, -0.2) is 9.97 Å². The van der Waals surface area contributed by atoms with Crippen LogP contribution in [0.5, 0.6) is 0 Å². The molecule has 2 saturated carbocycles. The average molecular weight is 781 g/mol. The molecule has 0 radical (unpaired) electrons. The van der Waals surface area contributed by atoms with Gasteiger partial charge in [-0.15, -0.1) is 0 Å². The van der Waals surface area contributed by atoms with Gasteiger partial charge in [-0.05, 0) is 75.6 Å². The lowest BCUT2D eigenvalue weighted by molar-refractivity contribution is -0.150.